The summed E-state index contributed by atoms with van der Waals surface area (Å²) in [5.41, 5.74) is 1.53. The van der Waals surface area contributed by atoms with Crippen molar-refractivity contribution in [3.63, 3.8) is 0 Å². The number of carboxylic acid groups (broad SMARTS) is 1. The lowest BCUT2D eigenvalue weighted by molar-refractivity contribution is -0.135. The second-order valence-electron chi connectivity index (χ2n) is 13.6. The average molecular weight is 680 g/mol. The predicted octanol–water partition coefficient (Wildman–Crippen LogP) is 6.13. The van der Waals surface area contributed by atoms with Crippen LogP contribution < -0.4 is 9.64 Å². The van der Waals surface area contributed by atoms with Crippen molar-refractivity contribution in [3.8, 4) is 11.5 Å². The van der Waals surface area contributed by atoms with Crippen LogP contribution >= 0.6 is 0 Å². The fraction of sp³-hybridized carbons (Fsp3) is 0.214. The standard InChI is InChI=1S/C42H33NO8/c1-51-34-18-15-24(20-33(34)44)37-28-16-17-29-36(40(48)43(39(29)47)27-14-8-11-25(19-27)41(49)50)31(28)21-32-38(46)30(23-9-4-2-5-10-23)22-35(45)42(32,37)26-12-6-3-7-13-26/h2-16,18-20,22,29,31-32,36-37,44H,17,21H2,1H3,(H,49,50)/t29-,31+,32-,36-,37-,42-/m0/s1. The van der Waals surface area contributed by atoms with Crippen molar-refractivity contribution in [2.24, 2.45) is 23.7 Å². The van der Waals surface area contributed by atoms with Crippen LogP contribution in [0.3, 0.4) is 0 Å². The van der Waals surface area contributed by atoms with Crippen molar-refractivity contribution in [1.29, 1.82) is 0 Å². The summed E-state index contributed by atoms with van der Waals surface area (Å²) in [5, 5.41) is 20.7. The SMILES string of the molecule is COc1ccc([C@H]2C3=CC[C@@H]4C(=O)N(c5cccc(C(=O)O)c5)C(=O)[C@@H]4[C@@H]3C[C@H]3C(=O)C(c4ccccc4)=CC(=O)[C@@]23c2ccccc2)cc1O. The number of ketones is 2. The molecule has 4 aliphatic rings. The molecule has 0 spiro atoms. The molecule has 6 atom stereocenters. The van der Waals surface area contributed by atoms with Gasteiger partial charge < -0.3 is 14.9 Å². The Kier molecular flexibility index (Phi) is 7.59. The average Bonchev–Trinajstić information content (AvgIpc) is 3.41. The van der Waals surface area contributed by atoms with E-state index in [4.69, 9.17) is 4.74 Å². The second-order valence-corrected chi connectivity index (χ2v) is 13.6. The Hall–Kier alpha value is -6.09. The van der Waals surface area contributed by atoms with Crippen LogP contribution in [0.1, 0.15) is 45.8 Å². The number of allylic oxidation sites excluding steroid dienone is 4. The third-order valence-electron chi connectivity index (χ3n) is 11.3. The molecule has 0 unspecified atom stereocenters. The number of methoxy groups -OCH3 is 1. The maximum absolute atomic E-state index is 15.1. The van der Waals surface area contributed by atoms with Gasteiger partial charge in [-0.3, -0.25) is 24.1 Å². The molecule has 1 heterocycles. The van der Waals surface area contributed by atoms with E-state index in [0.29, 0.717) is 16.7 Å². The normalized spacial score (nSPS) is 26.8. The number of carbonyl (C=O) groups is 5. The van der Waals surface area contributed by atoms with Crippen LogP contribution in [0.5, 0.6) is 11.5 Å². The highest BCUT2D eigenvalue weighted by atomic mass is 16.5. The summed E-state index contributed by atoms with van der Waals surface area (Å²) in [6, 6.07) is 28.9. The molecule has 0 aromatic heterocycles. The molecule has 1 saturated heterocycles. The van der Waals surface area contributed by atoms with Crippen LogP contribution in [-0.2, 0) is 24.6 Å². The van der Waals surface area contributed by atoms with Crippen LogP contribution in [0, 0.1) is 23.7 Å². The summed E-state index contributed by atoms with van der Waals surface area (Å²) in [6.07, 6.45) is 3.72. The summed E-state index contributed by atoms with van der Waals surface area (Å²) in [7, 11) is 1.44. The molecule has 9 nitrogen and oxygen atoms in total. The number of Topliss-reactive ketones (excluding diaryl/α,β-unsaturated/α-hetero) is 1. The number of rotatable bonds is 6. The van der Waals surface area contributed by atoms with Gasteiger partial charge >= 0.3 is 5.97 Å². The number of phenols is 1. The Morgan fingerprint density at radius 3 is 2.25 bits per heavy atom. The van der Waals surface area contributed by atoms with Crippen LogP contribution in [-0.4, -0.2) is 46.7 Å². The van der Waals surface area contributed by atoms with E-state index in [0.717, 1.165) is 10.5 Å². The third-order valence-corrected chi connectivity index (χ3v) is 11.3. The minimum Gasteiger partial charge on any atom is -0.504 e. The summed E-state index contributed by atoms with van der Waals surface area (Å²) < 4.78 is 5.35. The number of hydrogen-bond acceptors (Lipinski definition) is 7. The lowest BCUT2D eigenvalue weighted by Gasteiger charge is -2.55. The number of aromatic carboxylic acids is 1. The van der Waals surface area contributed by atoms with Crippen molar-refractivity contribution in [3.05, 3.63) is 143 Å². The summed E-state index contributed by atoms with van der Waals surface area (Å²) in [6.45, 7) is 0. The number of aromatic hydroxyl groups is 1. The lowest BCUT2D eigenvalue weighted by atomic mass is 9.44. The van der Waals surface area contributed by atoms with E-state index in [9.17, 15) is 24.6 Å². The first-order valence-corrected chi connectivity index (χ1v) is 16.9. The number of fused-ring (bicyclic) bond motifs is 4. The summed E-state index contributed by atoms with van der Waals surface area (Å²) in [4.78, 5) is 71.5. The Morgan fingerprint density at radius 1 is 0.843 bits per heavy atom. The molecule has 2 N–H and O–H groups in total. The van der Waals surface area contributed by atoms with Gasteiger partial charge in [0.05, 0.1) is 35.6 Å². The van der Waals surface area contributed by atoms with Gasteiger partial charge in [0.2, 0.25) is 11.8 Å². The minimum absolute atomic E-state index is 0.0574. The molecule has 2 fully saturated rings. The number of imide groups is 1. The van der Waals surface area contributed by atoms with Gasteiger partial charge in [-0.1, -0.05) is 84.4 Å². The first-order chi connectivity index (χ1) is 24.7. The van der Waals surface area contributed by atoms with Crippen molar-refractivity contribution in [2.45, 2.75) is 24.2 Å². The zero-order valence-corrected chi connectivity index (χ0v) is 27.6. The van der Waals surface area contributed by atoms with Crippen LogP contribution in [0.4, 0.5) is 5.69 Å². The van der Waals surface area contributed by atoms with Crippen molar-refractivity contribution < 1.29 is 38.9 Å². The Balaban J connectivity index is 1.35. The molecule has 0 bridgehead atoms. The number of carbonyl (C=O) groups excluding carboxylic acids is 4. The fourth-order valence-electron chi connectivity index (χ4n) is 9.17. The van der Waals surface area contributed by atoms with Gasteiger partial charge in [0.15, 0.2) is 23.1 Å². The zero-order valence-electron chi connectivity index (χ0n) is 27.6. The summed E-state index contributed by atoms with van der Waals surface area (Å²) >= 11 is 0. The van der Waals surface area contributed by atoms with Gasteiger partial charge in [-0.2, -0.15) is 0 Å². The van der Waals surface area contributed by atoms with Crippen molar-refractivity contribution in [1.82, 2.24) is 0 Å². The molecule has 0 radical (unpaired) electrons. The smallest absolute Gasteiger partial charge is 0.335 e. The fourth-order valence-corrected chi connectivity index (χ4v) is 9.17. The Morgan fingerprint density at radius 2 is 1.57 bits per heavy atom. The molecule has 9 heteroatoms. The summed E-state index contributed by atoms with van der Waals surface area (Å²) in [5.74, 6) is -6.44. The highest BCUT2D eigenvalue weighted by molar-refractivity contribution is 6.32. The second kappa shape index (κ2) is 12.1. The van der Waals surface area contributed by atoms with Crippen LogP contribution in [0.15, 0.2) is 121 Å². The van der Waals surface area contributed by atoms with Gasteiger partial charge in [0.25, 0.3) is 0 Å². The number of amides is 2. The molecule has 4 aromatic carbocycles. The van der Waals surface area contributed by atoms with E-state index in [1.165, 1.54) is 31.4 Å². The maximum Gasteiger partial charge on any atom is 0.335 e. The molecule has 4 aromatic rings. The molecule has 1 saturated carbocycles. The minimum atomic E-state index is -1.44. The zero-order chi connectivity index (χ0) is 35.6. The number of nitrogens with zero attached hydrogens (tertiary/aromatic N) is 1. The van der Waals surface area contributed by atoms with Crippen molar-refractivity contribution in [2.75, 3.05) is 12.0 Å². The molecular formula is C42H33NO8. The molecule has 2 amide bonds. The Bertz CT molecular complexity index is 2210. The lowest BCUT2D eigenvalue weighted by Crippen LogP contribution is -2.58. The van der Waals surface area contributed by atoms with Gasteiger partial charge in [-0.25, -0.2) is 4.79 Å². The number of anilines is 1. The van der Waals surface area contributed by atoms with Gasteiger partial charge in [0.1, 0.15) is 0 Å². The monoisotopic (exact) mass is 679 g/mol. The van der Waals surface area contributed by atoms with E-state index < -0.39 is 52.8 Å². The van der Waals surface area contributed by atoms with Crippen LogP contribution in [0.2, 0.25) is 0 Å². The molecular weight excluding hydrogens is 646 g/mol. The topological polar surface area (TPSA) is 138 Å². The molecule has 3 aliphatic carbocycles. The van der Waals surface area contributed by atoms with Gasteiger partial charge in [0, 0.05) is 17.4 Å². The van der Waals surface area contributed by atoms with E-state index >= 15 is 9.59 Å². The number of hydrogen-bond donors (Lipinski definition) is 2. The Labute approximate surface area is 293 Å². The molecule has 254 valence electrons. The largest absolute Gasteiger partial charge is 0.504 e. The number of phenolic OH excluding ortho intramolecular Hbond substituents is 1. The highest BCUT2D eigenvalue weighted by Gasteiger charge is 2.66. The molecule has 51 heavy (non-hydrogen) atoms. The van der Waals surface area contributed by atoms with E-state index in [2.05, 4.69) is 0 Å². The quantitative estimate of drug-likeness (QED) is 0.184. The number of benzene rings is 4. The molecule has 1 aliphatic heterocycles. The molecule has 8 rings (SSSR count). The number of carboxylic acids is 1. The van der Waals surface area contributed by atoms with E-state index in [1.54, 1.807) is 48.5 Å². The van der Waals surface area contributed by atoms with Gasteiger partial charge in [-0.15, -0.1) is 0 Å². The van der Waals surface area contributed by atoms with E-state index in [1.807, 2.05) is 42.5 Å². The first kappa shape index (κ1) is 32.1. The van der Waals surface area contributed by atoms with Crippen LogP contribution in [0.25, 0.3) is 5.57 Å². The highest BCUT2D eigenvalue weighted by Crippen LogP contribution is 2.64. The van der Waals surface area contributed by atoms with Gasteiger partial charge in [-0.05, 0) is 71.9 Å². The van der Waals surface area contributed by atoms with Crippen molar-refractivity contribution >= 4 is 40.6 Å². The predicted molar refractivity (Wildman–Crippen MR) is 187 cm³/mol. The maximum atomic E-state index is 15.1. The third kappa shape index (κ3) is 4.71. The first-order valence-electron chi connectivity index (χ1n) is 16.9. The van der Waals surface area contributed by atoms with E-state index in [-0.39, 0.29) is 52.7 Å². The number of ether oxygens (including phenoxy) is 1.